The van der Waals surface area contributed by atoms with Crippen LogP contribution in [0.15, 0.2) is 271 Å². The Labute approximate surface area is 411 Å². The van der Waals surface area contributed by atoms with E-state index in [1.165, 1.54) is 60.0 Å². The van der Waals surface area contributed by atoms with E-state index in [2.05, 4.69) is 270 Å². The zero-order valence-corrected chi connectivity index (χ0v) is 38.7. The number of aromatic nitrogens is 1. The fraction of sp³-hybridized carbons (Fsp3) is 0. The summed E-state index contributed by atoms with van der Waals surface area (Å²) in [5.41, 5.74) is 17.8. The zero-order chi connectivity index (χ0) is 46.8. The molecule has 0 fully saturated rings. The summed E-state index contributed by atoms with van der Waals surface area (Å²) in [5, 5.41) is 9.70. The Morgan fingerprint density at radius 2 is 0.859 bits per heavy atom. The molecule has 14 aromatic rings. The second-order valence-corrected chi connectivity index (χ2v) is 18.4. The SMILES string of the molecule is c1cc(-c2ccc(N(c3cccc(-c4cccc5oc6ccccc6c45)c3)c3ccccc3-c3cc4ccccc4c4ccccc34)cc2)cc(-c2cccc(-n3c4ccccc4c4ccccc43)c2)c1. The summed E-state index contributed by atoms with van der Waals surface area (Å²) in [7, 11) is 0. The monoisotopic (exact) mass is 904 g/mol. The van der Waals surface area contributed by atoms with Crippen molar-refractivity contribution in [3.05, 3.63) is 267 Å². The van der Waals surface area contributed by atoms with E-state index >= 15 is 0 Å². The minimum Gasteiger partial charge on any atom is -0.456 e. The highest BCUT2D eigenvalue weighted by Gasteiger charge is 2.21. The van der Waals surface area contributed by atoms with Gasteiger partial charge in [-0.25, -0.2) is 0 Å². The molecule has 14 rings (SSSR count). The molecule has 0 unspecified atom stereocenters. The molecule has 0 saturated heterocycles. The minimum absolute atomic E-state index is 0.884. The Bertz CT molecular complexity index is 4310. The Morgan fingerprint density at radius 3 is 1.66 bits per heavy atom. The van der Waals surface area contributed by atoms with Crippen LogP contribution in [0.2, 0.25) is 0 Å². The van der Waals surface area contributed by atoms with E-state index in [1.807, 2.05) is 6.07 Å². The molecule has 0 atom stereocenters. The van der Waals surface area contributed by atoms with E-state index in [0.717, 1.165) is 72.5 Å². The van der Waals surface area contributed by atoms with Crippen molar-refractivity contribution in [3.63, 3.8) is 0 Å². The van der Waals surface area contributed by atoms with Gasteiger partial charge in [0.05, 0.1) is 16.7 Å². The van der Waals surface area contributed by atoms with Crippen LogP contribution in [0.25, 0.3) is 115 Å². The molecule has 12 aromatic carbocycles. The molecule has 0 amide bonds. The summed E-state index contributed by atoms with van der Waals surface area (Å²) in [6, 6.07) is 96.8. The van der Waals surface area contributed by atoms with Crippen LogP contribution in [-0.4, -0.2) is 4.57 Å². The molecular weight excluding hydrogens is 861 g/mol. The van der Waals surface area contributed by atoms with Gasteiger partial charge in [-0.2, -0.15) is 0 Å². The van der Waals surface area contributed by atoms with Crippen molar-refractivity contribution in [1.29, 1.82) is 0 Å². The highest BCUT2D eigenvalue weighted by atomic mass is 16.3. The van der Waals surface area contributed by atoms with Crippen molar-refractivity contribution < 1.29 is 4.42 Å². The molecule has 71 heavy (non-hydrogen) atoms. The van der Waals surface area contributed by atoms with E-state index < -0.39 is 0 Å². The number of rotatable bonds is 8. The van der Waals surface area contributed by atoms with Gasteiger partial charge in [0.25, 0.3) is 0 Å². The zero-order valence-electron chi connectivity index (χ0n) is 38.7. The van der Waals surface area contributed by atoms with Gasteiger partial charge in [0.1, 0.15) is 11.2 Å². The maximum atomic E-state index is 6.38. The van der Waals surface area contributed by atoms with Gasteiger partial charge in [0.2, 0.25) is 0 Å². The van der Waals surface area contributed by atoms with E-state index in [4.69, 9.17) is 4.42 Å². The number of fused-ring (bicyclic) bond motifs is 9. The summed E-state index contributed by atoms with van der Waals surface area (Å²) >= 11 is 0. The lowest BCUT2D eigenvalue weighted by Crippen LogP contribution is -2.11. The fourth-order valence-electron chi connectivity index (χ4n) is 11.1. The first-order valence-electron chi connectivity index (χ1n) is 24.3. The van der Waals surface area contributed by atoms with Crippen LogP contribution in [0.1, 0.15) is 0 Å². The quantitative estimate of drug-likeness (QED) is 0.142. The summed E-state index contributed by atoms with van der Waals surface area (Å²) < 4.78 is 8.77. The van der Waals surface area contributed by atoms with Gasteiger partial charge in [0.15, 0.2) is 0 Å². The first-order valence-corrected chi connectivity index (χ1v) is 24.3. The Morgan fingerprint density at radius 1 is 0.296 bits per heavy atom. The normalized spacial score (nSPS) is 11.7. The smallest absolute Gasteiger partial charge is 0.136 e. The van der Waals surface area contributed by atoms with Crippen LogP contribution in [0, 0.1) is 0 Å². The van der Waals surface area contributed by atoms with Gasteiger partial charge in [0, 0.05) is 44.2 Å². The first kappa shape index (κ1) is 40.6. The number of benzene rings is 12. The molecule has 0 aliphatic heterocycles. The molecule has 0 radical (unpaired) electrons. The van der Waals surface area contributed by atoms with Crippen molar-refractivity contribution in [2.45, 2.75) is 0 Å². The van der Waals surface area contributed by atoms with Crippen molar-refractivity contribution >= 4 is 82.4 Å². The van der Waals surface area contributed by atoms with E-state index in [-0.39, 0.29) is 0 Å². The third-order valence-electron chi connectivity index (χ3n) is 14.4. The predicted molar refractivity (Wildman–Crippen MR) is 299 cm³/mol. The lowest BCUT2D eigenvalue weighted by Gasteiger charge is -2.29. The third-order valence-corrected chi connectivity index (χ3v) is 14.4. The van der Waals surface area contributed by atoms with E-state index in [9.17, 15) is 0 Å². The molecular formula is C68H44N2O. The largest absolute Gasteiger partial charge is 0.456 e. The number of nitrogens with zero attached hydrogens (tertiary/aromatic N) is 2. The molecule has 0 bridgehead atoms. The first-order chi connectivity index (χ1) is 35.2. The van der Waals surface area contributed by atoms with Gasteiger partial charge in [-0.1, -0.05) is 188 Å². The van der Waals surface area contributed by atoms with Crippen LogP contribution in [0.3, 0.4) is 0 Å². The summed E-state index contributed by atoms with van der Waals surface area (Å²) in [5.74, 6) is 0. The standard InChI is InChI=1S/C68H44N2O/c1-2-24-54-50(17-1)44-62(57-26-4-3-25-56(54)57)60-29-7-9-32-63(60)69(52-22-15-21-49(43-52)55-31-16-36-67-68(55)61-30-8-12-35-66(61)71-67)51-39-37-45(38-40-51)46-18-13-19-47(41-46)48-20-14-23-53(42-48)70-64-33-10-5-27-58(64)59-28-6-11-34-65(59)70/h1-44H. The molecule has 332 valence electrons. The number of anilines is 3. The number of hydrogen-bond donors (Lipinski definition) is 0. The average Bonchev–Trinajstić information content (AvgIpc) is 4.00. The molecule has 0 spiro atoms. The van der Waals surface area contributed by atoms with Crippen molar-refractivity contribution in [2.75, 3.05) is 4.90 Å². The Balaban J connectivity index is 0.896. The average molecular weight is 905 g/mol. The maximum Gasteiger partial charge on any atom is 0.136 e. The molecule has 3 heteroatoms. The molecule has 2 heterocycles. The number of hydrogen-bond acceptors (Lipinski definition) is 2. The topological polar surface area (TPSA) is 21.3 Å². The lowest BCUT2D eigenvalue weighted by atomic mass is 9.92. The summed E-state index contributed by atoms with van der Waals surface area (Å²) in [4.78, 5) is 2.43. The Kier molecular flexibility index (Phi) is 9.53. The number of furan rings is 1. The lowest BCUT2D eigenvalue weighted by molar-refractivity contribution is 0.669. The molecule has 3 nitrogen and oxygen atoms in total. The van der Waals surface area contributed by atoms with Crippen LogP contribution < -0.4 is 4.90 Å². The van der Waals surface area contributed by atoms with Crippen LogP contribution >= 0.6 is 0 Å². The van der Waals surface area contributed by atoms with E-state index in [0.29, 0.717) is 0 Å². The Hall–Kier alpha value is -9.44. The van der Waals surface area contributed by atoms with Gasteiger partial charge in [-0.05, 0) is 139 Å². The minimum atomic E-state index is 0.884. The van der Waals surface area contributed by atoms with Gasteiger partial charge in [-0.3, -0.25) is 0 Å². The molecule has 0 N–H and O–H groups in total. The van der Waals surface area contributed by atoms with Crippen LogP contribution in [0.5, 0.6) is 0 Å². The van der Waals surface area contributed by atoms with E-state index in [1.54, 1.807) is 0 Å². The third kappa shape index (κ3) is 6.82. The van der Waals surface area contributed by atoms with Gasteiger partial charge in [-0.15, -0.1) is 0 Å². The van der Waals surface area contributed by atoms with Crippen molar-refractivity contribution in [3.8, 4) is 50.2 Å². The second kappa shape index (κ2) is 16.7. The molecule has 0 saturated carbocycles. The highest BCUT2D eigenvalue weighted by Crippen LogP contribution is 2.46. The fourth-order valence-corrected chi connectivity index (χ4v) is 11.1. The number of para-hydroxylation sites is 4. The maximum absolute atomic E-state index is 6.38. The van der Waals surface area contributed by atoms with Gasteiger partial charge >= 0.3 is 0 Å². The summed E-state index contributed by atoms with van der Waals surface area (Å²) in [6.45, 7) is 0. The summed E-state index contributed by atoms with van der Waals surface area (Å²) in [6.07, 6.45) is 0. The van der Waals surface area contributed by atoms with Crippen LogP contribution in [-0.2, 0) is 0 Å². The van der Waals surface area contributed by atoms with Crippen LogP contribution in [0.4, 0.5) is 17.1 Å². The second-order valence-electron chi connectivity index (χ2n) is 18.4. The molecule has 0 aliphatic rings. The highest BCUT2D eigenvalue weighted by molar-refractivity contribution is 6.16. The van der Waals surface area contributed by atoms with Gasteiger partial charge < -0.3 is 13.9 Å². The van der Waals surface area contributed by atoms with Crippen molar-refractivity contribution in [2.24, 2.45) is 0 Å². The molecule has 0 aliphatic carbocycles. The van der Waals surface area contributed by atoms with Crippen molar-refractivity contribution in [1.82, 2.24) is 4.57 Å². The predicted octanol–water partition coefficient (Wildman–Crippen LogP) is 19.1. The molecule has 2 aromatic heterocycles.